The quantitative estimate of drug-likeness (QED) is 0.884. The molecule has 2 rings (SSSR count). The van der Waals surface area contributed by atoms with Crippen LogP contribution in [0.1, 0.15) is 36.8 Å². The average molecular weight is 299 g/mol. The summed E-state index contributed by atoms with van der Waals surface area (Å²) in [6.45, 7) is 6.41. The molecule has 2 heterocycles. The Bertz CT molecular complexity index is 662. The van der Waals surface area contributed by atoms with E-state index in [1.54, 1.807) is 10.9 Å². The fourth-order valence-corrected chi connectivity index (χ4v) is 2.03. The maximum Gasteiger partial charge on any atom is 0.226 e. The second-order valence-electron chi connectivity index (χ2n) is 5.28. The third-order valence-electron chi connectivity index (χ3n) is 3.23. The van der Waals surface area contributed by atoms with Gasteiger partial charge in [0.05, 0.1) is 18.7 Å². The number of rotatable bonds is 6. The summed E-state index contributed by atoms with van der Waals surface area (Å²) in [5.74, 6) is -0.0428. The second-order valence-corrected chi connectivity index (χ2v) is 5.28. The van der Waals surface area contributed by atoms with Gasteiger partial charge in [-0.3, -0.25) is 9.78 Å². The summed E-state index contributed by atoms with van der Waals surface area (Å²) in [7, 11) is 0. The van der Waals surface area contributed by atoms with Crippen LogP contribution in [0.5, 0.6) is 0 Å². The van der Waals surface area contributed by atoms with Gasteiger partial charge in [0.15, 0.2) is 0 Å². The van der Waals surface area contributed by atoms with Crippen molar-refractivity contribution in [2.45, 2.75) is 33.2 Å². The maximum atomic E-state index is 12.0. The molecule has 0 radical (unpaired) electrons. The molecule has 0 fully saturated rings. The van der Waals surface area contributed by atoms with E-state index in [0.717, 1.165) is 17.0 Å². The van der Waals surface area contributed by atoms with Crippen LogP contribution in [0.3, 0.4) is 0 Å². The zero-order chi connectivity index (χ0) is 15.9. The number of nitrogens with one attached hydrogen (secondary N) is 1. The molecule has 116 valence electrons. The van der Waals surface area contributed by atoms with E-state index in [4.69, 9.17) is 0 Å². The summed E-state index contributed by atoms with van der Waals surface area (Å²) in [4.78, 5) is 16.2. The SMILES string of the molecule is C/C=C/c1cn(C(C)CNC(=O)Cc2cc(C)ccn2)nn1. The number of allylic oxidation sites excluding steroid dienone is 1. The van der Waals surface area contributed by atoms with Crippen LogP contribution in [-0.2, 0) is 11.2 Å². The van der Waals surface area contributed by atoms with E-state index in [2.05, 4.69) is 20.6 Å². The molecule has 0 aliphatic rings. The molecular formula is C16H21N5O. The fraction of sp³-hybridized carbons (Fsp3) is 0.375. The van der Waals surface area contributed by atoms with Gasteiger partial charge in [0, 0.05) is 18.4 Å². The number of aryl methyl sites for hydroxylation is 1. The molecule has 0 aliphatic carbocycles. The fourth-order valence-electron chi connectivity index (χ4n) is 2.03. The number of amides is 1. The molecule has 1 unspecified atom stereocenters. The Morgan fingerprint density at radius 1 is 1.50 bits per heavy atom. The van der Waals surface area contributed by atoms with E-state index in [0.29, 0.717) is 6.54 Å². The van der Waals surface area contributed by atoms with Crippen molar-refractivity contribution in [2.75, 3.05) is 6.54 Å². The minimum absolute atomic E-state index is 0.0425. The van der Waals surface area contributed by atoms with Crippen molar-refractivity contribution in [2.24, 2.45) is 0 Å². The van der Waals surface area contributed by atoms with Crippen LogP contribution in [0.2, 0.25) is 0 Å². The van der Waals surface area contributed by atoms with Gasteiger partial charge in [-0.2, -0.15) is 0 Å². The zero-order valence-corrected chi connectivity index (χ0v) is 13.2. The second kappa shape index (κ2) is 7.49. The Hall–Kier alpha value is -2.50. The molecule has 6 heteroatoms. The molecule has 2 aromatic heterocycles. The van der Waals surface area contributed by atoms with Crippen LogP contribution < -0.4 is 5.32 Å². The summed E-state index contributed by atoms with van der Waals surface area (Å²) in [6, 6.07) is 3.88. The number of hydrogen-bond acceptors (Lipinski definition) is 4. The van der Waals surface area contributed by atoms with Gasteiger partial charge >= 0.3 is 0 Å². The number of pyridine rings is 1. The molecular weight excluding hydrogens is 278 g/mol. The first-order chi connectivity index (χ1) is 10.6. The van der Waals surface area contributed by atoms with Crippen molar-refractivity contribution < 1.29 is 4.79 Å². The van der Waals surface area contributed by atoms with Crippen LogP contribution in [0, 0.1) is 6.92 Å². The topological polar surface area (TPSA) is 72.7 Å². The van der Waals surface area contributed by atoms with Gasteiger partial charge in [0.1, 0.15) is 5.69 Å². The summed E-state index contributed by atoms with van der Waals surface area (Å²) in [5, 5.41) is 11.0. The molecule has 0 aliphatic heterocycles. The predicted molar refractivity (Wildman–Crippen MR) is 85.1 cm³/mol. The lowest BCUT2D eigenvalue weighted by molar-refractivity contribution is -0.120. The Morgan fingerprint density at radius 3 is 3.05 bits per heavy atom. The molecule has 22 heavy (non-hydrogen) atoms. The van der Waals surface area contributed by atoms with E-state index in [9.17, 15) is 4.79 Å². The van der Waals surface area contributed by atoms with Crippen LogP contribution in [0.25, 0.3) is 6.08 Å². The molecule has 0 saturated carbocycles. The lowest BCUT2D eigenvalue weighted by atomic mass is 10.2. The highest BCUT2D eigenvalue weighted by molar-refractivity contribution is 5.78. The summed E-state index contributed by atoms with van der Waals surface area (Å²) < 4.78 is 1.75. The average Bonchev–Trinajstić information content (AvgIpc) is 2.94. The molecule has 6 nitrogen and oxygen atoms in total. The highest BCUT2D eigenvalue weighted by Crippen LogP contribution is 2.05. The lowest BCUT2D eigenvalue weighted by Gasteiger charge is -2.12. The number of nitrogens with zero attached hydrogens (tertiary/aromatic N) is 4. The highest BCUT2D eigenvalue weighted by Gasteiger charge is 2.10. The Morgan fingerprint density at radius 2 is 2.32 bits per heavy atom. The molecule has 1 amide bonds. The van der Waals surface area contributed by atoms with Gasteiger partial charge in [0.25, 0.3) is 0 Å². The van der Waals surface area contributed by atoms with Crippen molar-refractivity contribution in [3.05, 3.63) is 47.6 Å². The van der Waals surface area contributed by atoms with Gasteiger partial charge in [-0.1, -0.05) is 11.3 Å². The van der Waals surface area contributed by atoms with Gasteiger partial charge in [0.2, 0.25) is 5.91 Å². The van der Waals surface area contributed by atoms with Crippen LogP contribution >= 0.6 is 0 Å². The first-order valence-electron chi connectivity index (χ1n) is 7.31. The lowest BCUT2D eigenvalue weighted by Crippen LogP contribution is -2.31. The first kappa shape index (κ1) is 15.9. The van der Waals surface area contributed by atoms with Gasteiger partial charge in [-0.05, 0) is 44.5 Å². The van der Waals surface area contributed by atoms with Crippen LogP contribution in [0.15, 0.2) is 30.6 Å². The Balaban J connectivity index is 1.84. The van der Waals surface area contributed by atoms with Crippen LogP contribution in [-0.4, -0.2) is 32.4 Å². The van der Waals surface area contributed by atoms with E-state index in [1.165, 1.54) is 0 Å². The minimum Gasteiger partial charge on any atom is -0.354 e. The normalized spacial score (nSPS) is 12.5. The molecule has 1 N–H and O–H groups in total. The summed E-state index contributed by atoms with van der Waals surface area (Å²) in [5.41, 5.74) is 2.69. The highest BCUT2D eigenvalue weighted by atomic mass is 16.1. The third kappa shape index (κ3) is 4.51. The monoisotopic (exact) mass is 299 g/mol. The van der Waals surface area contributed by atoms with Crippen molar-refractivity contribution in [3.63, 3.8) is 0 Å². The number of carbonyl (C=O) groups is 1. The van der Waals surface area contributed by atoms with Crippen molar-refractivity contribution in [3.8, 4) is 0 Å². The Kier molecular flexibility index (Phi) is 5.41. The minimum atomic E-state index is -0.0428. The molecule has 1 atom stereocenters. The van der Waals surface area contributed by atoms with Crippen LogP contribution in [0.4, 0.5) is 0 Å². The van der Waals surface area contributed by atoms with Gasteiger partial charge in [-0.25, -0.2) is 4.68 Å². The standard InChI is InChI=1S/C16H21N5O/c1-4-5-14-11-21(20-19-14)13(3)10-18-16(22)9-15-8-12(2)6-7-17-15/h4-8,11,13H,9-10H2,1-3H3,(H,18,22)/b5-4+. The zero-order valence-electron chi connectivity index (χ0n) is 13.2. The number of hydrogen-bond donors (Lipinski definition) is 1. The molecule has 0 saturated heterocycles. The number of carbonyl (C=O) groups excluding carboxylic acids is 1. The largest absolute Gasteiger partial charge is 0.354 e. The van der Waals surface area contributed by atoms with Crippen molar-refractivity contribution >= 4 is 12.0 Å². The van der Waals surface area contributed by atoms with E-state index >= 15 is 0 Å². The Labute approximate surface area is 130 Å². The van der Waals surface area contributed by atoms with Crippen molar-refractivity contribution in [1.29, 1.82) is 0 Å². The molecule has 0 aromatic carbocycles. The van der Waals surface area contributed by atoms with E-state index in [-0.39, 0.29) is 18.4 Å². The summed E-state index contributed by atoms with van der Waals surface area (Å²) >= 11 is 0. The van der Waals surface area contributed by atoms with Gasteiger partial charge in [-0.15, -0.1) is 5.10 Å². The van der Waals surface area contributed by atoms with E-state index < -0.39 is 0 Å². The molecule has 0 bridgehead atoms. The number of aromatic nitrogens is 4. The van der Waals surface area contributed by atoms with Gasteiger partial charge < -0.3 is 5.32 Å². The molecule has 2 aromatic rings. The van der Waals surface area contributed by atoms with E-state index in [1.807, 2.05) is 51.3 Å². The molecule has 0 spiro atoms. The van der Waals surface area contributed by atoms with Crippen molar-refractivity contribution in [1.82, 2.24) is 25.3 Å². The smallest absolute Gasteiger partial charge is 0.226 e. The third-order valence-corrected chi connectivity index (χ3v) is 3.23. The first-order valence-corrected chi connectivity index (χ1v) is 7.31. The summed E-state index contributed by atoms with van der Waals surface area (Å²) in [6.07, 6.45) is 7.67. The maximum absolute atomic E-state index is 12.0. The predicted octanol–water partition coefficient (Wildman–Crippen LogP) is 1.93.